The van der Waals surface area contributed by atoms with Crippen LogP contribution in [0.25, 0.3) is 0 Å². The van der Waals surface area contributed by atoms with Crippen molar-refractivity contribution in [3.05, 3.63) is 65.2 Å². The maximum atomic E-state index is 11.3. The number of aryl methyl sites for hydroxylation is 1. The number of phenolic OH excluding ortho intramolecular Hbond substituents is 1. The van der Waals surface area contributed by atoms with E-state index in [4.69, 9.17) is 0 Å². The summed E-state index contributed by atoms with van der Waals surface area (Å²) in [6.07, 6.45) is 3.80. The third kappa shape index (κ3) is 2.74. The maximum Gasteiger partial charge on any atom is 0.115 e. The lowest BCUT2D eigenvalue weighted by Crippen LogP contribution is -2.58. The highest BCUT2D eigenvalue weighted by Crippen LogP contribution is 2.55. The fourth-order valence-corrected chi connectivity index (χ4v) is 5.53. The molecule has 0 aliphatic heterocycles. The summed E-state index contributed by atoms with van der Waals surface area (Å²) in [6.45, 7) is 2.18. The average molecular weight is 352 g/mol. The molecule has 0 aromatic heterocycles. The van der Waals surface area contributed by atoms with Crippen molar-refractivity contribution in [2.45, 2.75) is 62.6 Å². The molecule has 0 bridgehead atoms. The Balaban J connectivity index is 1.68. The van der Waals surface area contributed by atoms with Crippen molar-refractivity contribution in [2.24, 2.45) is 5.92 Å². The third-order valence-corrected chi connectivity index (χ3v) is 6.93. The second-order valence-corrected chi connectivity index (χ2v) is 8.28. The van der Waals surface area contributed by atoms with Gasteiger partial charge in [0.15, 0.2) is 0 Å². The van der Waals surface area contributed by atoms with Gasteiger partial charge in [-0.3, -0.25) is 0 Å². The first kappa shape index (κ1) is 17.6. The monoisotopic (exact) mass is 352 g/mol. The Bertz CT molecular complexity index is 787. The van der Waals surface area contributed by atoms with Crippen LogP contribution in [0.5, 0.6) is 5.75 Å². The van der Waals surface area contributed by atoms with E-state index in [2.05, 4.69) is 6.92 Å². The second kappa shape index (κ2) is 6.40. The van der Waals surface area contributed by atoms with Gasteiger partial charge in [0.1, 0.15) is 5.75 Å². The Morgan fingerprint density at radius 3 is 2.58 bits per heavy atom. The zero-order chi connectivity index (χ0) is 18.4. The molecule has 2 aliphatic rings. The summed E-state index contributed by atoms with van der Waals surface area (Å²) in [6, 6.07) is 15.6. The van der Waals surface area contributed by atoms with Crippen LogP contribution in [0.4, 0.5) is 0 Å². The molecule has 1 saturated carbocycles. The lowest BCUT2D eigenvalue weighted by molar-refractivity contribution is -0.139. The molecule has 3 heteroatoms. The largest absolute Gasteiger partial charge is 0.508 e. The Labute approximate surface area is 155 Å². The van der Waals surface area contributed by atoms with E-state index in [-0.39, 0.29) is 5.41 Å². The van der Waals surface area contributed by atoms with Crippen LogP contribution in [0.15, 0.2) is 48.5 Å². The number of hydrogen-bond donors (Lipinski definition) is 3. The van der Waals surface area contributed by atoms with E-state index in [1.807, 2.05) is 42.5 Å². The number of aliphatic hydroxyl groups excluding tert-OH is 1. The van der Waals surface area contributed by atoms with Crippen LogP contribution >= 0.6 is 0 Å². The molecule has 0 spiro atoms. The molecule has 0 heterocycles. The highest BCUT2D eigenvalue weighted by molar-refractivity contribution is 5.43. The first-order valence-corrected chi connectivity index (χ1v) is 9.73. The summed E-state index contributed by atoms with van der Waals surface area (Å²) in [5.41, 5.74) is 2.35. The molecule has 3 nitrogen and oxygen atoms in total. The van der Waals surface area contributed by atoms with Crippen LogP contribution in [0, 0.1) is 5.92 Å². The van der Waals surface area contributed by atoms with Gasteiger partial charge in [-0.15, -0.1) is 0 Å². The Morgan fingerprint density at radius 2 is 1.85 bits per heavy atom. The quantitative estimate of drug-likeness (QED) is 0.789. The number of fused-ring (bicyclic) bond motifs is 3. The number of hydrogen-bond acceptors (Lipinski definition) is 3. The van der Waals surface area contributed by atoms with E-state index in [9.17, 15) is 15.3 Å². The van der Waals surface area contributed by atoms with Gasteiger partial charge in [-0.2, -0.15) is 0 Å². The van der Waals surface area contributed by atoms with Crippen molar-refractivity contribution >= 4 is 0 Å². The molecule has 3 N–H and O–H groups in total. The predicted molar refractivity (Wildman–Crippen MR) is 102 cm³/mol. The standard InChI is InChI=1S/C23H28O3/c1-2-22-15-21(25)23(26,13-16-6-4-3-5-7-16)14-18(22)9-8-17-12-19(24)10-11-20(17)22/h3-7,10-12,18,21,24-26H,2,8-9,13-15H2,1H3/t18-,21?,22?,23?/m1/s1. The molecule has 2 aromatic rings. The Kier molecular flexibility index (Phi) is 4.32. The fraction of sp³-hybridized carbons (Fsp3) is 0.478. The molecule has 4 atom stereocenters. The maximum absolute atomic E-state index is 11.3. The summed E-state index contributed by atoms with van der Waals surface area (Å²) in [5.74, 6) is 0.659. The Hall–Kier alpha value is -1.84. The van der Waals surface area contributed by atoms with Crippen LogP contribution in [0.3, 0.4) is 0 Å². The van der Waals surface area contributed by atoms with Crippen molar-refractivity contribution in [2.75, 3.05) is 0 Å². The van der Waals surface area contributed by atoms with E-state index in [1.54, 1.807) is 6.07 Å². The topological polar surface area (TPSA) is 60.7 Å². The minimum absolute atomic E-state index is 0.108. The molecule has 138 valence electrons. The highest BCUT2D eigenvalue weighted by atomic mass is 16.3. The zero-order valence-electron chi connectivity index (χ0n) is 15.4. The molecule has 4 rings (SSSR count). The minimum atomic E-state index is -1.07. The fourth-order valence-electron chi connectivity index (χ4n) is 5.53. The van der Waals surface area contributed by atoms with Crippen LogP contribution in [0.1, 0.15) is 49.3 Å². The van der Waals surface area contributed by atoms with Gasteiger partial charge in [0.05, 0.1) is 11.7 Å². The molecular weight excluding hydrogens is 324 g/mol. The van der Waals surface area contributed by atoms with E-state index < -0.39 is 11.7 Å². The molecule has 26 heavy (non-hydrogen) atoms. The number of aliphatic hydroxyl groups is 2. The summed E-state index contributed by atoms with van der Waals surface area (Å²) in [5, 5.41) is 32.2. The summed E-state index contributed by atoms with van der Waals surface area (Å²) in [4.78, 5) is 0. The number of benzene rings is 2. The first-order valence-electron chi connectivity index (χ1n) is 9.73. The second-order valence-electron chi connectivity index (χ2n) is 8.28. The van der Waals surface area contributed by atoms with E-state index in [0.717, 1.165) is 24.8 Å². The highest BCUT2D eigenvalue weighted by Gasteiger charge is 2.54. The van der Waals surface area contributed by atoms with Crippen molar-refractivity contribution in [1.82, 2.24) is 0 Å². The normalized spacial score (nSPS) is 33.3. The van der Waals surface area contributed by atoms with Crippen LogP contribution in [-0.4, -0.2) is 27.0 Å². The van der Waals surface area contributed by atoms with Gasteiger partial charge in [0.25, 0.3) is 0 Å². The molecular formula is C23H28O3. The summed E-state index contributed by atoms with van der Waals surface area (Å²) >= 11 is 0. The molecule has 2 aromatic carbocycles. The number of phenols is 1. The van der Waals surface area contributed by atoms with Crippen LogP contribution in [0.2, 0.25) is 0 Å². The zero-order valence-corrected chi connectivity index (χ0v) is 15.4. The molecule has 0 amide bonds. The van der Waals surface area contributed by atoms with Gasteiger partial charge in [0, 0.05) is 11.8 Å². The number of aromatic hydroxyl groups is 1. The van der Waals surface area contributed by atoms with E-state index in [0.29, 0.717) is 30.9 Å². The SMILES string of the molecule is CCC12CC(O)C(O)(Cc3ccccc3)C[C@H]1CCc1cc(O)ccc12. The molecule has 0 radical (unpaired) electrons. The van der Waals surface area contributed by atoms with E-state index >= 15 is 0 Å². The van der Waals surface area contributed by atoms with Gasteiger partial charge in [-0.1, -0.05) is 43.3 Å². The minimum Gasteiger partial charge on any atom is -0.508 e. The van der Waals surface area contributed by atoms with Crippen molar-refractivity contribution in [3.63, 3.8) is 0 Å². The molecule has 1 fully saturated rings. The van der Waals surface area contributed by atoms with Crippen molar-refractivity contribution in [1.29, 1.82) is 0 Å². The van der Waals surface area contributed by atoms with Crippen molar-refractivity contribution in [3.8, 4) is 5.75 Å². The summed E-state index contributed by atoms with van der Waals surface area (Å²) in [7, 11) is 0. The smallest absolute Gasteiger partial charge is 0.115 e. The Morgan fingerprint density at radius 1 is 1.08 bits per heavy atom. The molecule has 3 unspecified atom stereocenters. The number of rotatable bonds is 3. The van der Waals surface area contributed by atoms with Crippen LogP contribution in [-0.2, 0) is 18.3 Å². The summed E-state index contributed by atoms with van der Waals surface area (Å²) < 4.78 is 0. The molecule has 2 aliphatic carbocycles. The first-order chi connectivity index (χ1) is 12.5. The lowest BCUT2D eigenvalue weighted by Gasteiger charge is -2.55. The predicted octanol–water partition coefficient (Wildman–Crippen LogP) is 3.73. The van der Waals surface area contributed by atoms with Gasteiger partial charge < -0.3 is 15.3 Å². The average Bonchev–Trinajstić information content (AvgIpc) is 2.63. The van der Waals surface area contributed by atoms with Crippen LogP contribution < -0.4 is 0 Å². The van der Waals surface area contributed by atoms with Gasteiger partial charge in [-0.05, 0) is 66.8 Å². The van der Waals surface area contributed by atoms with E-state index in [1.165, 1.54) is 11.1 Å². The lowest BCUT2D eigenvalue weighted by atomic mass is 9.52. The van der Waals surface area contributed by atoms with Gasteiger partial charge >= 0.3 is 0 Å². The molecule has 0 saturated heterocycles. The third-order valence-electron chi connectivity index (χ3n) is 6.93. The van der Waals surface area contributed by atoms with Gasteiger partial charge in [0.2, 0.25) is 0 Å². The van der Waals surface area contributed by atoms with Gasteiger partial charge in [-0.25, -0.2) is 0 Å². The van der Waals surface area contributed by atoms with Crippen molar-refractivity contribution < 1.29 is 15.3 Å².